The molecule has 0 radical (unpaired) electrons. The number of rotatable bonds is 4. The smallest absolute Gasteiger partial charge is 0.356 e. The first-order valence-electron chi connectivity index (χ1n) is 7.84. The van der Waals surface area contributed by atoms with Crippen LogP contribution >= 0.6 is 15.9 Å². The van der Waals surface area contributed by atoms with Gasteiger partial charge >= 0.3 is 5.97 Å². The summed E-state index contributed by atoms with van der Waals surface area (Å²) in [5, 5.41) is 8.88. The largest absolute Gasteiger partial charge is 0.476 e. The van der Waals surface area contributed by atoms with Gasteiger partial charge in [0.1, 0.15) is 5.82 Å². The third-order valence-corrected chi connectivity index (χ3v) is 4.92. The molecule has 1 unspecified atom stereocenters. The van der Waals surface area contributed by atoms with Crippen molar-refractivity contribution in [1.29, 1.82) is 0 Å². The second-order valence-electron chi connectivity index (χ2n) is 5.82. The number of carboxylic acid groups (broad SMARTS) is 1. The number of benzene rings is 1. The first-order chi connectivity index (χ1) is 11.5. The van der Waals surface area contributed by atoms with E-state index in [1.54, 1.807) is 0 Å². The van der Waals surface area contributed by atoms with Crippen molar-refractivity contribution < 1.29 is 9.90 Å². The van der Waals surface area contributed by atoms with Crippen LogP contribution in [0.3, 0.4) is 0 Å². The van der Waals surface area contributed by atoms with Gasteiger partial charge in [0.25, 0.3) is 0 Å². The van der Waals surface area contributed by atoms with E-state index < -0.39 is 5.97 Å². The van der Waals surface area contributed by atoms with Crippen molar-refractivity contribution in [3.8, 4) is 0 Å². The Morgan fingerprint density at radius 1 is 1.12 bits per heavy atom. The average molecular weight is 391 g/mol. The van der Waals surface area contributed by atoms with E-state index in [4.69, 9.17) is 5.11 Å². The van der Waals surface area contributed by atoms with Crippen LogP contribution in [-0.4, -0.2) is 52.1 Å². The molecular formula is C17H19BrN4O2. The van der Waals surface area contributed by atoms with Gasteiger partial charge in [0.05, 0.1) is 12.4 Å². The molecule has 2 heterocycles. The summed E-state index contributed by atoms with van der Waals surface area (Å²) < 4.78 is 1.09. The molecule has 3 rings (SSSR count). The van der Waals surface area contributed by atoms with Gasteiger partial charge in [-0.25, -0.2) is 14.8 Å². The quantitative estimate of drug-likeness (QED) is 0.865. The minimum atomic E-state index is -1.05. The van der Waals surface area contributed by atoms with Gasteiger partial charge in [-0.3, -0.25) is 4.90 Å². The van der Waals surface area contributed by atoms with Gasteiger partial charge in [0.2, 0.25) is 0 Å². The number of hydrogen-bond acceptors (Lipinski definition) is 5. The van der Waals surface area contributed by atoms with Crippen LogP contribution in [0, 0.1) is 0 Å². The number of aromatic nitrogens is 2. The highest BCUT2D eigenvalue weighted by Gasteiger charge is 2.23. The summed E-state index contributed by atoms with van der Waals surface area (Å²) in [5.41, 5.74) is 1.28. The minimum Gasteiger partial charge on any atom is -0.476 e. The summed E-state index contributed by atoms with van der Waals surface area (Å²) in [6.45, 7) is 5.78. The molecule has 1 saturated heterocycles. The van der Waals surface area contributed by atoms with Gasteiger partial charge in [-0.15, -0.1) is 0 Å². The molecule has 1 aliphatic rings. The van der Waals surface area contributed by atoms with E-state index in [1.807, 2.05) is 0 Å². The van der Waals surface area contributed by atoms with E-state index in [0.717, 1.165) is 36.5 Å². The Morgan fingerprint density at radius 2 is 1.79 bits per heavy atom. The fourth-order valence-electron chi connectivity index (χ4n) is 2.89. The first-order valence-corrected chi connectivity index (χ1v) is 8.63. The van der Waals surface area contributed by atoms with Crippen molar-refractivity contribution in [3.05, 3.63) is 52.4 Å². The van der Waals surface area contributed by atoms with Gasteiger partial charge in [-0.05, 0) is 24.6 Å². The topological polar surface area (TPSA) is 69.6 Å². The highest BCUT2D eigenvalue weighted by molar-refractivity contribution is 9.10. The van der Waals surface area contributed by atoms with E-state index in [0.29, 0.717) is 6.04 Å². The SMILES string of the molecule is CC(c1ccc(Br)cc1)N1CCN(c2cnc(C(=O)O)cn2)CC1. The second-order valence-corrected chi connectivity index (χ2v) is 6.73. The fraction of sp³-hybridized carbons (Fsp3) is 0.353. The molecule has 0 spiro atoms. The fourth-order valence-corrected chi connectivity index (χ4v) is 3.15. The Hall–Kier alpha value is -1.99. The molecule has 2 aromatic rings. The van der Waals surface area contributed by atoms with Crippen LogP contribution in [0.1, 0.15) is 29.0 Å². The van der Waals surface area contributed by atoms with Crippen molar-refractivity contribution >= 4 is 27.7 Å². The standard InChI is InChI=1S/C17H19BrN4O2/c1-12(13-2-4-14(18)5-3-13)21-6-8-22(9-7-21)16-11-19-15(10-20-16)17(23)24/h2-5,10-12H,6-9H2,1H3,(H,23,24). The summed E-state index contributed by atoms with van der Waals surface area (Å²) in [4.78, 5) is 23.6. The molecule has 1 atom stereocenters. The van der Waals surface area contributed by atoms with Crippen LogP contribution in [-0.2, 0) is 0 Å². The lowest BCUT2D eigenvalue weighted by molar-refractivity contribution is 0.0690. The van der Waals surface area contributed by atoms with Crippen LogP contribution < -0.4 is 4.90 Å². The average Bonchev–Trinajstić information content (AvgIpc) is 2.62. The number of carbonyl (C=O) groups is 1. The van der Waals surface area contributed by atoms with Crippen LogP contribution in [0.25, 0.3) is 0 Å². The number of nitrogens with zero attached hydrogens (tertiary/aromatic N) is 4. The van der Waals surface area contributed by atoms with E-state index in [-0.39, 0.29) is 5.69 Å². The lowest BCUT2D eigenvalue weighted by Gasteiger charge is -2.38. The monoisotopic (exact) mass is 390 g/mol. The molecule has 6 nitrogen and oxygen atoms in total. The van der Waals surface area contributed by atoms with Crippen molar-refractivity contribution in [3.63, 3.8) is 0 Å². The molecule has 0 saturated carbocycles. The Morgan fingerprint density at radius 3 is 2.33 bits per heavy atom. The van der Waals surface area contributed by atoms with E-state index in [1.165, 1.54) is 18.0 Å². The maximum absolute atomic E-state index is 10.8. The third-order valence-electron chi connectivity index (χ3n) is 4.40. The maximum atomic E-state index is 10.8. The van der Waals surface area contributed by atoms with Crippen LogP contribution in [0.15, 0.2) is 41.1 Å². The number of aromatic carboxylic acids is 1. The lowest BCUT2D eigenvalue weighted by Crippen LogP contribution is -2.47. The van der Waals surface area contributed by atoms with Gasteiger partial charge in [-0.1, -0.05) is 28.1 Å². The van der Waals surface area contributed by atoms with Crippen LogP contribution in [0.2, 0.25) is 0 Å². The molecule has 1 aromatic carbocycles. The highest BCUT2D eigenvalue weighted by atomic mass is 79.9. The van der Waals surface area contributed by atoms with Crippen LogP contribution in [0.4, 0.5) is 5.82 Å². The zero-order valence-electron chi connectivity index (χ0n) is 13.4. The predicted molar refractivity (Wildman–Crippen MR) is 95.3 cm³/mol. The Labute approximate surface area is 149 Å². The summed E-state index contributed by atoms with van der Waals surface area (Å²) >= 11 is 3.47. The molecule has 1 aliphatic heterocycles. The minimum absolute atomic E-state index is 0.0266. The number of halogens is 1. The highest BCUT2D eigenvalue weighted by Crippen LogP contribution is 2.24. The molecule has 1 fully saturated rings. The molecule has 0 bridgehead atoms. The lowest BCUT2D eigenvalue weighted by atomic mass is 10.1. The number of anilines is 1. The van der Waals surface area contributed by atoms with Crippen molar-refractivity contribution in [1.82, 2.24) is 14.9 Å². The Kier molecular flexibility index (Phi) is 5.11. The second kappa shape index (κ2) is 7.27. The molecule has 7 heteroatoms. The summed E-state index contributed by atoms with van der Waals surface area (Å²) in [6, 6.07) is 8.80. The van der Waals surface area contributed by atoms with Crippen molar-refractivity contribution in [2.24, 2.45) is 0 Å². The van der Waals surface area contributed by atoms with Gasteiger partial charge < -0.3 is 10.0 Å². The van der Waals surface area contributed by atoms with Gasteiger partial charge in [-0.2, -0.15) is 0 Å². The predicted octanol–water partition coefficient (Wildman–Crippen LogP) is 2.82. The van der Waals surface area contributed by atoms with E-state index >= 15 is 0 Å². The molecule has 1 aromatic heterocycles. The zero-order valence-corrected chi connectivity index (χ0v) is 15.0. The molecule has 1 N–H and O–H groups in total. The van der Waals surface area contributed by atoms with E-state index in [9.17, 15) is 4.79 Å². The summed E-state index contributed by atoms with van der Waals surface area (Å²) in [6.07, 6.45) is 2.85. The number of hydrogen-bond donors (Lipinski definition) is 1. The number of carboxylic acids is 1. The summed E-state index contributed by atoms with van der Waals surface area (Å²) in [7, 11) is 0. The maximum Gasteiger partial charge on any atom is 0.356 e. The molecule has 126 valence electrons. The molecule has 24 heavy (non-hydrogen) atoms. The van der Waals surface area contributed by atoms with Crippen LogP contribution in [0.5, 0.6) is 0 Å². The normalized spacial score (nSPS) is 16.8. The van der Waals surface area contributed by atoms with E-state index in [2.05, 4.69) is 66.9 Å². The van der Waals surface area contributed by atoms with Crippen molar-refractivity contribution in [2.45, 2.75) is 13.0 Å². The molecular weight excluding hydrogens is 372 g/mol. The zero-order chi connectivity index (χ0) is 17.1. The van der Waals surface area contributed by atoms with Gasteiger partial charge in [0.15, 0.2) is 5.69 Å². The van der Waals surface area contributed by atoms with Crippen molar-refractivity contribution in [2.75, 3.05) is 31.1 Å². The first kappa shape index (κ1) is 16.9. The van der Waals surface area contributed by atoms with Gasteiger partial charge in [0, 0.05) is 36.7 Å². The molecule has 0 aliphatic carbocycles. The number of piperazine rings is 1. The summed E-state index contributed by atoms with van der Waals surface area (Å²) in [5.74, 6) is -0.321. The Bertz CT molecular complexity index is 698. The third kappa shape index (κ3) is 3.73. The Balaban J connectivity index is 1.60. The molecule has 0 amide bonds.